The summed E-state index contributed by atoms with van der Waals surface area (Å²) in [4.78, 5) is 19.7. The number of carbonyl (C=O) groups is 1. The molecule has 4 heteroatoms. The number of aryl methyl sites for hydroxylation is 3. The predicted molar refractivity (Wildman–Crippen MR) is 98.4 cm³/mol. The molecular weight excluding hydrogens is 304 g/mol. The molecule has 0 atom stereocenters. The number of amides is 1. The van der Waals surface area contributed by atoms with Gasteiger partial charge in [0, 0.05) is 24.2 Å². The highest BCUT2D eigenvalue weighted by atomic mass is 32.2. The van der Waals surface area contributed by atoms with Crippen LogP contribution in [0.2, 0.25) is 0 Å². The Kier molecular flexibility index (Phi) is 4.62. The molecule has 3 nitrogen and oxygen atoms in total. The fourth-order valence-corrected chi connectivity index (χ4v) is 4.50. The molecule has 2 heterocycles. The highest BCUT2D eigenvalue weighted by Gasteiger charge is 2.25. The molecule has 1 aliphatic rings. The Morgan fingerprint density at radius 3 is 2.57 bits per heavy atom. The molecule has 3 rings (SSSR count). The number of thioether (sulfide) groups is 1. The molecule has 122 valence electrons. The van der Waals surface area contributed by atoms with Gasteiger partial charge in [0.1, 0.15) is 0 Å². The molecular formula is C19H24N2OS. The fraction of sp³-hybridized carbons (Fsp3) is 0.474. The lowest BCUT2D eigenvalue weighted by Crippen LogP contribution is -2.39. The van der Waals surface area contributed by atoms with Crippen molar-refractivity contribution in [2.75, 3.05) is 18.6 Å². The first-order chi connectivity index (χ1) is 11.0. The molecule has 0 bridgehead atoms. The van der Waals surface area contributed by atoms with Crippen LogP contribution in [0.3, 0.4) is 0 Å². The topological polar surface area (TPSA) is 33.2 Å². The van der Waals surface area contributed by atoms with Gasteiger partial charge in [-0.3, -0.25) is 9.78 Å². The average molecular weight is 328 g/mol. The zero-order valence-electron chi connectivity index (χ0n) is 14.3. The maximum atomic E-state index is 13.1. The summed E-state index contributed by atoms with van der Waals surface area (Å²) in [5.74, 6) is 2.43. The van der Waals surface area contributed by atoms with Crippen molar-refractivity contribution in [2.45, 2.75) is 39.7 Å². The molecule has 0 spiro atoms. The summed E-state index contributed by atoms with van der Waals surface area (Å²) in [6, 6.07) is 6.52. The molecule has 1 amide bonds. The minimum atomic E-state index is 0.127. The zero-order valence-corrected chi connectivity index (χ0v) is 15.2. The molecule has 1 aromatic carbocycles. The summed E-state index contributed by atoms with van der Waals surface area (Å²) < 4.78 is 0. The Hall–Kier alpha value is -1.55. The van der Waals surface area contributed by atoms with Crippen molar-refractivity contribution in [1.29, 1.82) is 0 Å². The molecule has 0 saturated carbocycles. The van der Waals surface area contributed by atoms with E-state index < -0.39 is 0 Å². The number of hydrogen-bond donors (Lipinski definition) is 0. The van der Waals surface area contributed by atoms with Crippen LogP contribution in [0.4, 0.5) is 0 Å². The lowest BCUT2D eigenvalue weighted by Gasteiger charge is -2.31. The van der Waals surface area contributed by atoms with E-state index in [1.54, 1.807) is 0 Å². The van der Waals surface area contributed by atoms with Gasteiger partial charge >= 0.3 is 0 Å². The van der Waals surface area contributed by atoms with Gasteiger partial charge in [0.25, 0.3) is 5.91 Å². The fourth-order valence-electron chi connectivity index (χ4n) is 3.41. The van der Waals surface area contributed by atoms with E-state index in [9.17, 15) is 4.79 Å². The SMILES string of the molecule is Cc1cc(C)c2nc(C)cc(C(=O)N(C)C3CCSCC3)c2c1. The number of pyridine rings is 1. The summed E-state index contributed by atoms with van der Waals surface area (Å²) in [6.45, 7) is 6.10. The summed E-state index contributed by atoms with van der Waals surface area (Å²) in [7, 11) is 1.95. The smallest absolute Gasteiger partial charge is 0.254 e. The summed E-state index contributed by atoms with van der Waals surface area (Å²) in [5, 5.41) is 0.982. The van der Waals surface area contributed by atoms with Gasteiger partial charge in [0.15, 0.2) is 0 Å². The van der Waals surface area contributed by atoms with Gasteiger partial charge in [-0.15, -0.1) is 0 Å². The van der Waals surface area contributed by atoms with Gasteiger partial charge in [-0.1, -0.05) is 11.6 Å². The molecule has 0 aliphatic carbocycles. The lowest BCUT2D eigenvalue weighted by molar-refractivity contribution is 0.0725. The van der Waals surface area contributed by atoms with E-state index in [1.807, 2.05) is 36.7 Å². The van der Waals surface area contributed by atoms with Crippen LogP contribution in [0.25, 0.3) is 10.9 Å². The molecule has 1 aliphatic heterocycles. The Bertz CT molecular complexity index is 751. The third-order valence-corrected chi connectivity index (χ3v) is 5.71. The second-order valence-corrected chi connectivity index (χ2v) is 7.77. The van der Waals surface area contributed by atoms with Crippen molar-refractivity contribution in [3.63, 3.8) is 0 Å². The lowest BCUT2D eigenvalue weighted by atomic mass is 10.00. The first-order valence-electron chi connectivity index (χ1n) is 8.21. The number of carbonyl (C=O) groups excluding carboxylic acids is 1. The number of fused-ring (bicyclic) bond motifs is 1. The Morgan fingerprint density at radius 2 is 1.87 bits per heavy atom. The van der Waals surface area contributed by atoms with Crippen LogP contribution in [0.5, 0.6) is 0 Å². The van der Waals surface area contributed by atoms with Crippen LogP contribution < -0.4 is 0 Å². The summed E-state index contributed by atoms with van der Waals surface area (Å²) in [5.41, 5.74) is 4.95. The van der Waals surface area contributed by atoms with Gasteiger partial charge < -0.3 is 4.90 Å². The van der Waals surface area contributed by atoms with Crippen LogP contribution in [-0.2, 0) is 0 Å². The minimum Gasteiger partial charge on any atom is -0.339 e. The molecule has 0 unspecified atom stereocenters. The first-order valence-corrected chi connectivity index (χ1v) is 9.36. The van der Waals surface area contributed by atoms with E-state index in [0.29, 0.717) is 6.04 Å². The maximum absolute atomic E-state index is 13.1. The molecule has 2 aromatic rings. The van der Waals surface area contributed by atoms with Crippen molar-refractivity contribution in [3.8, 4) is 0 Å². The van der Waals surface area contributed by atoms with Gasteiger partial charge in [-0.25, -0.2) is 0 Å². The number of rotatable bonds is 2. The van der Waals surface area contributed by atoms with Crippen molar-refractivity contribution in [1.82, 2.24) is 9.88 Å². The van der Waals surface area contributed by atoms with Crippen LogP contribution >= 0.6 is 11.8 Å². The molecule has 1 aromatic heterocycles. The standard InChI is InChI=1S/C19H24N2OS/c1-12-9-13(2)18-16(10-12)17(11-14(3)20-18)19(22)21(4)15-5-7-23-8-6-15/h9-11,15H,5-8H2,1-4H3. The zero-order chi connectivity index (χ0) is 16.6. The predicted octanol–water partition coefficient (Wildman–Crippen LogP) is 4.13. The number of benzene rings is 1. The number of aromatic nitrogens is 1. The van der Waals surface area contributed by atoms with Gasteiger partial charge in [0.05, 0.1) is 11.1 Å². The highest BCUT2D eigenvalue weighted by molar-refractivity contribution is 7.99. The van der Waals surface area contributed by atoms with Gasteiger partial charge in [0.2, 0.25) is 0 Å². The van der Waals surface area contributed by atoms with Crippen molar-refractivity contribution >= 4 is 28.6 Å². The van der Waals surface area contributed by atoms with Crippen LogP contribution in [0, 0.1) is 20.8 Å². The maximum Gasteiger partial charge on any atom is 0.254 e. The summed E-state index contributed by atoms with van der Waals surface area (Å²) >= 11 is 1.98. The van der Waals surface area contributed by atoms with E-state index in [2.05, 4.69) is 31.0 Å². The van der Waals surface area contributed by atoms with Gasteiger partial charge in [-0.2, -0.15) is 11.8 Å². The highest BCUT2D eigenvalue weighted by Crippen LogP contribution is 2.27. The molecule has 23 heavy (non-hydrogen) atoms. The average Bonchev–Trinajstić information content (AvgIpc) is 2.54. The van der Waals surface area contributed by atoms with E-state index >= 15 is 0 Å². The third-order valence-electron chi connectivity index (χ3n) is 4.67. The number of nitrogens with zero attached hydrogens (tertiary/aromatic N) is 2. The first kappa shape index (κ1) is 16.3. The molecule has 1 saturated heterocycles. The van der Waals surface area contributed by atoms with Gasteiger partial charge in [-0.05, 0) is 62.8 Å². The van der Waals surface area contributed by atoms with E-state index in [-0.39, 0.29) is 5.91 Å². The van der Waals surface area contributed by atoms with Crippen LogP contribution in [0.1, 0.15) is 40.0 Å². The normalized spacial score (nSPS) is 15.8. The third kappa shape index (κ3) is 3.23. The van der Waals surface area contributed by atoms with E-state index in [1.165, 1.54) is 5.56 Å². The second-order valence-electron chi connectivity index (χ2n) is 6.55. The monoisotopic (exact) mass is 328 g/mol. The Labute approximate surface area is 142 Å². The largest absolute Gasteiger partial charge is 0.339 e. The van der Waals surface area contributed by atoms with Crippen LogP contribution in [-0.4, -0.2) is 40.4 Å². The molecule has 0 radical (unpaired) electrons. The molecule has 1 fully saturated rings. The Morgan fingerprint density at radius 1 is 1.17 bits per heavy atom. The minimum absolute atomic E-state index is 0.127. The van der Waals surface area contributed by atoms with E-state index in [0.717, 1.165) is 52.1 Å². The van der Waals surface area contributed by atoms with E-state index in [4.69, 9.17) is 0 Å². The van der Waals surface area contributed by atoms with Crippen molar-refractivity contribution < 1.29 is 4.79 Å². The van der Waals surface area contributed by atoms with Crippen molar-refractivity contribution in [3.05, 3.63) is 40.6 Å². The quantitative estimate of drug-likeness (QED) is 0.831. The summed E-state index contributed by atoms with van der Waals surface area (Å²) in [6.07, 6.45) is 2.18. The van der Waals surface area contributed by atoms with Crippen molar-refractivity contribution in [2.24, 2.45) is 0 Å². The molecule has 0 N–H and O–H groups in total. The number of hydrogen-bond acceptors (Lipinski definition) is 3. The van der Waals surface area contributed by atoms with Crippen LogP contribution in [0.15, 0.2) is 18.2 Å². The Balaban J connectivity index is 2.05. The second kappa shape index (κ2) is 6.52.